The van der Waals surface area contributed by atoms with Crippen molar-refractivity contribution in [3.63, 3.8) is 0 Å². The highest BCUT2D eigenvalue weighted by Gasteiger charge is 2.14. The van der Waals surface area contributed by atoms with Crippen molar-refractivity contribution in [1.29, 1.82) is 0 Å². The summed E-state index contributed by atoms with van der Waals surface area (Å²) in [7, 11) is 0. The Morgan fingerprint density at radius 2 is 2.08 bits per heavy atom. The lowest BCUT2D eigenvalue weighted by Crippen LogP contribution is -1.93. The SMILES string of the molecule is c1cc2ccoc2c(Nc2csc3cncc(-c4cscn4)c23)n1. The van der Waals surface area contributed by atoms with E-state index in [1.54, 1.807) is 35.1 Å². The zero-order chi connectivity index (χ0) is 15.9. The fourth-order valence-corrected chi connectivity index (χ4v) is 4.16. The summed E-state index contributed by atoms with van der Waals surface area (Å²) in [5.41, 5.74) is 5.52. The molecule has 0 amide bonds. The number of nitrogens with one attached hydrogen (secondary N) is 1. The summed E-state index contributed by atoms with van der Waals surface area (Å²) in [5.74, 6) is 0.707. The van der Waals surface area contributed by atoms with E-state index in [1.807, 2.05) is 35.4 Å². The minimum atomic E-state index is 0.707. The Kier molecular flexibility index (Phi) is 3.07. The van der Waals surface area contributed by atoms with Crippen LogP contribution in [0.4, 0.5) is 11.5 Å². The summed E-state index contributed by atoms with van der Waals surface area (Å²) in [4.78, 5) is 13.2. The summed E-state index contributed by atoms with van der Waals surface area (Å²) >= 11 is 3.22. The molecule has 24 heavy (non-hydrogen) atoms. The van der Waals surface area contributed by atoms with Crippen LogP contribution >= 0.6 is 22.7 Å². The van der Waals surface area contributed by atoms with Gasteiger partial charge in [-0.2, -0.15) is 0 Å². The molecule has 0 radical (unpaired) electrons. The van der Waals surface area contributed by atoms with Gasteiger partial charge >= 0.3 is 0 Å². The van der Waals surface area contributed by atoms with Crippen LogP contribution in [-0.4, -0.2) is 15.0 Å². The van der Waals surface area contributed by atoms with E-state index >= 15 is 0 Å². The average molecular weight is 350 g/mol. The maximum Gasteiger partial charge on any atom is 0.176 e. The fraction of sp³-hybridized carbons (Fsp3) is 0. The highest BCUT2D eigenvalue weighted by Crippen LogP contribution is 2.39. The predicted octanol–water partition coefficient (Wildman–Crippen LogP) is 5.30. The summed E-state index contributed by atoms with van der Waals surface area (Å²) in [6.45, 7) is 0. The smallest absolute Gasteiger partial charge is 0.176 e. The second kappa shape index (κ2) is 5.40. The second-order valence-electron chi connectivity index (χ2n) is 5.21. The highest BCUT2D eigenvalue weighted by molar-refractivity contribution is 7.18. The normalized spacial score (nSPS) is 11.3. The monoisotopic (exact) mass is 350 g/mol. The van der Waals surface area contributed by atoms with Crippen molar-refractivity contribution in [3.8, 4) is 11.3 Å². The van der Waals surface area contributed by atoms with Gasteiger partial charge in [-0.3, -0.25) is 4.98 Å². The molecule has 0 saturated carbocycles. The van der Waals surface area contributed by atoms with Crippen LogP contribution in [-0.2, 0) is 0 Å². The Morgan fingerprint density at radius 3 is 3.00 bits per heavy atom. The highest BCUT2D eigenvalue weighted by atomic mass is 32.1. The Morgan fingerprint density at radius 1 is 1.08 bits per heavy atom. The van der Waals surface area contributed by atoms with Crippen molar-refractivity contribution in [1.82, 2.24) is 15.0 Å². The molecule has 0 unspecified atom stereocenters. The van der Waals surface area contributed by atoms with E-state index in [0.29, 0.717) is 5.82 Å². The van der Waals surface area contributed by atoms with Crippen LogP contribution in [0.3, 0.4) is 0 Å². The van der Waals surface area contributed by atoms with E-state index in [1.165, 1.54) is 0 Å². The van der Waals surface area contributed by atoms with Crippen molar-refractivity contribution >= 4 is 55.2 Å². The predicted molar refractivity (Wildman–Crippen MR) is 98.0 cm³/mol. The lowest BCUT2D eigenvalue weighted by Gasteiger charge is -2.07. The van der Waals surface area contributed by atoms with Crippen LogP contribution in [0.2, 0.25) is 0 Å². The number of thiazole rings is 1. The summed E-state index contributed by atoms with van der Waals surface area (Å²) < 4.78 is 6.67. The molecule has 0 atom stereocenters. The lowest BCUT2D eigenvalue weighted by molar-refractivity contribution is 0.615. The van der Waals surface area contributed by atoms with Crippen molar-refractivity contribution in [3.05, 3.63) is 53.3 Å². The molecule has 0 saturated heterocycles. The van der Waals surface area contributed by atoms with Gasteiger partial charge in [-0.25, -0.2) is 9.97 Å². The van der Waals surface area contributed by atoms with Crippen LogP contribution in [0.15, 0.2) is 57.7 Å². The molecule has 116 valence electrons. The molecular formula is C17H10N4OS2. The molecule has 0 bridgehead atoms. The number of anilines is 2. The first-order chi connectivity index (χ1) is 11.9. The third-order valence-corrected chi connectivity index (χ3v) is 5.32. The molecule has 0 aromatic carbocycles. The second-order valence-corrected chi connectivity index (χ2v) is 6.84. The standard InChI is InChI=1S/C17H10N4OS2/c1-3-19-17(16-10(1)2-4-22-16)21-13-8-24-14-6-18-5-11(15(13)14)12-7-23-9-20-12/h1-9H,(H,19,21). The first-order valence-electron chi connectivity index (χ1n) is 7.23. The number of hydrogen-bond acceptors (Lipinski definition) is 7. The van der Waals surface area contributed by atoms with E-state index < -0.39 is 0 Å². The molecular weight excluding hydrogens is 340 g/mol. The fourth-order valence-electron chi connectivity index (χ4n) is 2.73. The number of thiophene rings is 1. The molecule has 0 aliphatic rings. The van der Waals surface area contributed by atoms with E-state index in [4.69, 9.17) is 4.42 Å². The van der Waals surface area contributed by atoms with Crippen LogP contribution in [0.5, 0.6) is 0 Å². The van der Waals surface area contributed by atoms with Gasteiger partial charge in [0.05, 0.1) is 27.9 Å². The quantitative estimate of drug-likeness (QED) is 0.478. The van der Waals surface area contributed by atoms with Gasteiger partial charge in [0.15, 0.2) is 11.4 Å². The van der Waals surface area contributed by atoms with Crippen molar-refractivity contribution < 1.29 is 4.42 Å². The largest absolute Gasteiger partial charge is 0.460 e. The van der Waals surface area contributed by atoms with Crippen LogP contribution in [0.1, 0.15) is 0 Å². The topological polar surface area (TPSA) is 63.8 Å². The number of hydrogen-bond donors (Lipinski definition) is 1. The molecule has 0 aliphatic carbocycles. The van der Waals surface area contributed by atoms with Crippen LogP contribution < -0.4 is 5.32 Å². The number of aromatic nitrogens is 3. The summed E-state index contributed by atoms with van der Waals surface area (Å²) in [6.07, 6.45) is 7.18. The number of fused-ring (bicyclic) bond motifs is 2. The number of furan rings is 1. The van der Waals surface area contributed by atoms with Crippen molar-refractivity contribution in [2.75, 3.05) is 5.32 Å². The Bertz CT molecular complexity index is 1140. The molecule has 0 spiro atoms. The minimum Gasteiger partial charge on any atom is -0.460 e. The first kappa shape index (κ1) is 13.6. The molecule has 0 aliphatic heterocycles. The minimum absolute atomic E-state index is 0.707. The van der Waals surface area contributed by atoms with Crippen LogP contribution in [0.25, 0.3) is 32.3 Å². The van der Waals surface area contributed by atoms with Gasteiger partial charge in [-0.15, -0.1) is 22.7 Å². The zero-order valence-corrected chi connectivity index (χ0v) is 13.9. The van der Waals surface area contributed by atoms with Gasteiger partial charge in [0.2, 0.25) is 0 Å². The summed E-state index contributed by atoms with van der Waals surface area (Å²) in [5, 5.41) is 9.64. The maximum atomic E-state index is 5.57. The van der Waals surface area contributed by atoms with Gasteiger partial charge in [0, 0.05) is 45.7 Å². The first-order valence-corrected chi connectivity index (χ1v) is 9.05. The van der Waals surface area contributed by atoms with Gasteiger partial charge in [-0.1, -0.05) is 0 Å². The van der Waals surface area contributed by atoms with Crippen molar-refractivity contribution in [2.45, 2.75) is 0 Å². The Balaban J connectivity index is 1.69. The molecule has 7 heteroatoms. The van der Waals surface area contributed by atoms with Gasteiger partial charge in [-0.05, 0) is 12.1 Å². The van der Waals surface area contributed by atoms with Crippen molar-refractivity contribution in [2.24, 2.45) is 0 Å². The Labute approximate surface area is 144 Å². The summed E-state index contributed by atoms with van der Waals surface area (Å²) in [6, 6.07) is 3.86. The van der Waals surface area contributed by atoms with E-state index in [0.717, 1.165) is 38.0 Å². The number of pyridine rings is 2. The average Bonchev–Trinajstić information content (AvgIpc) is 3.36. The zero-order valence-electron chi connectivity index (χ0n) is 12.3. The molecule has 5 heterocycles. The van der Waals surface area contributed by atoms with Gasteiger partial charge < -0.3 is 9.73 Å². The van der Waals surface area contributed by atoms with Crippen LogP contribution in [0, 0.1) is 0 Å². The molecule has 5 aromatic rings. The Hall–Kier alpha value is -2.77. The third-order valence-electron chi connectivity index (χ3n) is 3.81. The van der Waals surface area contributed by atoms with Gasteiger partial charge in [0.25, 0.3) is 0 Å². The molecule has 5 nitrogen and oxygen atoms in total. The van der Waals surface area contributed by atoms with Gasteiger partial charge in [0.1, 0.15) is 0 Å². The maximum absolute atomic E-state index is 5.57. The molecule has 5 rings (SSSR count). The lowest BCUT2D eigenvalue weighted by atomic mass is 10.1. The molecule has 0 fully saturated rings. The third kappa shape index (κ3) is 2.10. The van der Waals surface area contributed by atoms with E-state index in [9.17, 15) is 0 Å². The number of nitrogens with zero attached hydrogens (tertiary/aromatic N) is 3. The van der Waals surface area contributed by atoms with E-state index in [-0.39, 0.29) is 0 Å². The molecule has 5 aromatic heterocycles. The number of rotatable bonds is 3. The van der Waals surface area contributed by atoms with E-state index in [2.05, 4.69) is 25.6 Å². The molecule has 1 N–H and O–H groups in total.